The Kier molecular flexibility index (Phi) is 6.65. The molecule has 0 radical (unpaired) electrons. The number of hydrogen-bond donors (Lipinski definition) is 0. The number of furan rings is 1. The van der Waals surface area contributed by atoms with Crippen LogP contribution in [0.3, 0.4) is 0 Å². The Morgan fingerprint density at radius 2 is 1.75 bits per heavy atom. The highest BCUT2D eigenvalue weighted by molar-refractivity contribution is 5.81. The first-order chi connectivity index (χ1) is 11.5. The first-order valence-electron chi connectivity index (χ1n) is 8.79. The lowest BCUT2D eigenvalue weighted by atomic mass is 9.88. The molecule has 0 saturated carbocycles. The van der Waals surface area contributed by atoms with Crippen LogP contribution in [0.25, 0.3) is 0 Å². The topological polar surface area (TPSA) is 39.4 Å². The number of ketones is 1. The number of ether oxygens (including phenoxy) is 1. The summed E-state index contributed by atoms with van der Waals surface area (Å²) in [6, 6.07) is 11.8. The molecule has 1 aromatic heterocycles. The van der Waals surface area contributed by atoms with Crippen molar-refractivity contribution in [3.63, 3.8) is 0 Å². The third-order valence-corrected chi connectivity index (χ3v) is 4.74. The Bertz CT molecular complexity index is 639. The van der Waals surface area contributed by atoms with Crippen molar-refractivity contribution >= 4 is 5.78 Å². The van der Waals surface area contributed by atoms with E-state index in [0.717, 1.165) is 23.7 Å². The maximum atomic E-state index is 12.2. The number of Topliss-reactive ketones (excluding diaryl/α,β-unsaturated/α-hetero) is 1. The largest absolute Gasteiger partial charge is 0.486 e. The lowest BCUT2D eigenvalue weighted by Gasteiger charge is -2.16. The first kappa shape index (κ1) is 18.3. The minimum absolute atomic E-state index is 0.120. The van der Waals surface area contributed by atoms with E-state index in [1.807, 2.05) is 50.2 Å². The highest BCUT2D eigenvalue weighted by Gasteiger charge is 2.18. The molecule has 130 valence electrons. The van der Waals surface area contributed by atoms with Crippen molar-refractivity contribution in [3.8, 4) is 5.75 Å². The molecule has 0 aliphatic heterocycles. The molecule has 0 N–H and O–H groups in total. The van der Waals surface area contributed by atoms with E-state index in [1.54, 1.807) is 0 Å². The Morgan fingerprint density at radius 3 is 2.42 bits per heavy atom. The lowest BCUT2D eigenvalue weighted by molar-refractivity contribution is -0.123. The van der Waals surface area contributed by atoms with Gasteiger partial charge in [-0.05, 0) is 37.1 Å². The highest BCUT2D eigenvalue weighted by atomic mass is 16.5. The summed E-state index contributed by atoms with van der Waals surface area (Å²) in [7, 11) is 0. The quantitative estimate of drug-likeness (QED) is 0.623. The van der Waals surface area contributed by atoms with Crippen molar-refractivity contribution in [2.75, 3.05) is 0 Å². The van der Waals surface area contributed by atoms with Gasteiger partial charge in [0.1, 0.15) is 29.7 Å². The number of rotatable bonds is 9. The van der Waals surface area contributed by atoms with Crippen LogP contribution in [0, 0.1) is 18.8 Å². The number of benzene rings is 1. The molecule has 1 aromatic carbocycles. The second kappa shape index (κ2) is 8.72. The molecule has 0 aliphatic rings. The Labute approximate surface area is 145 Å². The van der Waals surface area contributed by atoms with Gasteiger partial charge in [0.25, 0.3) is 0 Å². The average molecular weight is 328 g/mol. The predicted molar refractivity (Wildman–Crippen MR) is 96.2 cm³/mol. The van der Waals surface area contributed by atoms with Gasteiger partial charge in [-0.15, -0.1) is 0 Å². The summed E-state index contributed by atoms with van der Waals surface area (Å²) in [5.74, 6) is 3.34. The first-order valence-corrected chi connectivity index (χ1v) is 8.79. The van der Waals surface area contributed by atoms with Gasteiger partial charge in [-0.2, -0.15) is 0 Å². The van der Waals surface area contributed by atoms with Crippen molar-refractivity contribution in [2.45, 2.75) is 53.6 Å². The van der Waals surface area contributed by atoms with E-state index in [-0.39, 0.29) is 5.92 Å². The van der Waals surface area contributed by atoms with E-state index in [0.29, 0.717) is 31.1 Å². The van der Waals surface area contributed by atoms with E-state index >= 15 is 0 Å². The number of hydrogen-bond acceptors (Lipinski definition) is 3. The van der Waals surface area contributed by atoms with Crippen LogP contribution in [0.5, 0.6) is 5.75 Å². The average Bonchev–Trinajstić information content (AvgIpc) is 3.05. The molecule has 0 fully saturated rings. The Hall–Kier alpha value is -2.03. The highest BCUT2D eigenvalue weighted by Crippen LogP contribution is 2.19. The Morgan fingerprint density at radius 1 is 1.08 bits per heavy atom. The SMILES string of the molecule is CCC(C)C(C)C(=O)CCc1ccc(COc2ccc(C)cc2)o1. The van der Waals surface area contributed by atoms with E-state index in [1.165, 1.54) is 5.56 Å². The molecule has 0 amide bonds. The third-order valence-electron chi connectivity index (χ3n) is 4.74. The summed E-state index contributed by atoms with van der Waals surface area (Å²) < 4.78 is 11.5. The molecule has 2 unspecified atom stereocenters. The Balaban J connectivity index is 1.80. The summed E-state index contributed by atoms with van der Waals surface area (Å²) in [5, 5.41) is 0. The van der Waals surface area contributed by atoms with Crippen LogP contribution in [-0.4, -0.2) is 5.78 Å². The minimum atomic E-state index is 0.120. The molecular formula is C21H28O3. The fraction of sp³-hybridized carbons (Fsp3) is 0.476. The maximum Gasteiger partial charge on any atom is 0.146 e. The summed E-state index contributed by atoms with van der Waals surface area (Å²) in [5.41, 5.74) is 1.21. The van der Waals surface area contributed by atoms with Gasteiger partial charge in [0.2, 0.25) is 0 Å². The second-order valence-corrected chi connectivity index (χ2v) is 6.61. The van der Waals surface area contributed by atoms with Gasteiger partial charge in [-0.25, -0.2) is 0 Å². The van der Waals surface area contributed by atoms with E-state index in [9.17, 15) is 4.79 Å². The molecule has 2 aromatic rings. The van der Waals surface area contributed by atoms with E-state index < -0.39 is 0 Å². The molecule has 0 spiro atoms. The molecule has 0 saturated heterocycles. The zero-order valence-corrected chi connectivity index (χ0v) is 15.2. The number of carbonyl (C=O) groups is 1. The standard InChI is InChI=1S/C21H28O3/c1-5-16(3)17(4)21(22)13-12-19-10-11-20(24-19)14-23-18-8-6-15(2)7-9-18/h6-11,16-17H,5,12-14H2,1-4H3. The third kappa shape index (κ3) is 5.26. The zero-order chi connectivity index (χ0) is 17.5. The van der Waals surface area contributed by atoms with Gasteiger partial charge in [0.15, 0.2) is 0 Å². The van der Waals surface area contributed by atoms with Gasteiger partial charge in [-0.3, -0.25) is 4.79 Å². The fourth-order valence-electron chi connectivity index (χ4n) is 2.57. The predicted octanol–water partition coefficient (Wildman–Crippen LogP) is 5.35. The molecule has 3 heteroatoms. The fourth-order valence-corrected chi connectivity index (χ4v) is 2.57. The van der Waals surface area contributed by atoms with Gasteiger partial charge in [-0.1, -0.05) is 44.9 Å². The summed E-state index contributed by atoms with van der Waals surface area (Å²) >= 11 is 0. The van der Waals surface area contributed by atoms with Crippen molar-refractivity contribution in [2.24, 2.45) is 11.8 Å². The number of carbonyl (C=O) groups excluding carboxylic acids is 1. The molecule has 3 nitrogen and oxygen atoms in total. The lowest BCUT2D eigenvalue weighted by Crippen LogP contribution is -2.18. The smallest absolute Gasteiger partial charge is 0.146 e. The van der Waals surface area contributed by atoms with Crippen LogP contribution in [0.2, 0.25) is 0 Å². The summed E-state index contributed by atoms with van der Waals surface area (Å²) in [6.07, 6.45) is 2.23. The molecule has 24 heavy (non-hydrogen) atoms. The van der Waals surface area contributed by atoms with Crippen LogP contribution in [0.15, 0.2) is 40.8 Å². The molecule has 2 rings (SSSR count). The second-order valence-electron chi connectivity index (χ2n) is 6.61. The van der Waals surface area contributed by atoms with Crippen LogP contribution in [0.4, 0.5) is 0 Å². The zero-order valence-electron chi connectivity index (χ0n) is 15.2. The van der Waals surface area contributed by atoms with Gasteiger partial charge in [0.05, 0.1) is 0 Å². The van der Waals surface area contributed by atoms with Crippen molar-refractivity contribution in [3.05, 3.63) is 53.5 Å². The van der Waals surface area contributed by atoms with Gasteiger partial charge >= 0.3 is 0 Å². The number of aryl methyl sites for hydroxylation is 2. The molecule has 0 aliphatic carbocycles. The van der Waals surface area contributed by atoms with Gasteiger partial charge in [0, 0.05) is 18.8 Å². The monoisotopic (exact) mass is 328 g/mol. The maximum absolute atomic E-state index is 12.2. The van der Waals surface area contributed by atoms with Crippen LogP contribution in [-0.2, 0) is 17.8 Å². The minimum Gasteiger partial charge on any atom is -0.486 e. The van der Waals surface area contributed by atoms with Crippen LogP contribution < -0.4 is 4.74 Å². The van der Waals surface area contributed by atoms with Crippen molar-refractivity contribution in [1.82, 2.24) is 0 Å². The van der Waals surface area contributed by atoms with Crippen molar-refractivity contribution < 1.29 is 13.9 Å². The molecule has 1 heterocycles. The summed E-state index contributed by atoms with van der Waals surface area (Å²) in [4.78, 5) is 12.2. The normalized spacial score (nSPS) is 13.5. The van der Waals surface area contributed by atoms with E-state index in [2.05, 4.69) is 13.8 Å². The van der Waals surface area contributed by atoms with Crippen LogP contribution >= 0.6 is 0 Å². The molecular weight excluding hydrogens is 300 g/mol. The molecule has 2 atom stereocenters. The van der Waals surface area contributed by atoms with E-state index in [4.69, 9.17) is 9.15 Å². The van der Waals surface area contributed by atoms with Crippen molar-refractivity contribution in [1.29, 1.82) is 0 Å². The molecule has 0 bridgehead atoms. The summed E-state index contributed by atoms with van der Waals surface area (Å²) in [6.45, 7) is 8.74. The van der Waals surface area contributed by atoms with Crippen LogP contribution in [0.1, 0.15) is 50.7 Å². The van der Waals surface area contributed by atoms with Gasteiger partial charge < -0.3 is 9.15 Å².